The molecule has 3 rings (SSSR count). The van der Waals surface area contributed by atoms with Crippen LogP contribution in [0, 0.1) is 11.3 Å². The van der Waals surface area contributed by atoms with E-state index < -0.39 is 0 Å². The molecule has 0 amide bonds. The summed E-state index contributed by atoms with van der Waals surface area (Å²) < 4.78 is 0. The van der Waals surface area contributed by atoms with E-state index in [1.54, 1.807) is 30.3 Å². The number of aromatic amines is 1. The van der Waals surface area contributed by atoms with Crippen molar-refractivity contribution in [3.05, 3.63) is 71.6 Å². The first-order valence-electron chi connectivity index (χ1n) is 6.43. The van der Waals surface area contributed by atoms with Crippen molar-refractivity contribution in [3.63, 3.8) is 0 Å². The summed E-state index contributed by atoms with van der Waals surface area (Å²) in [7, 11) is 0. The van der Waals surface area contributed by atoms with Crippen LogP contribution in [-0.2, 0) is 0 Å². The third-order valence-corrected chi connectivity index (χ3v) is 3.09. The summed E-state index contributed by atoms with van der Waals surface area (Å²) in [5, 5.41) is 8.73. The highest BCUT2D eigenvalue weighted by Crippen LogP contribution is 2.12. The van der Waals surface area contributed by atoms with Crippen molar-refractivity contribution in [1.29, 1.82) is 5.26 Å². The predicted molar refractivity (Wildman–Crippen MR) is 80.6 cm³/mol. The maximum atomic E-state index is 12.1. The number of benzene rings is 2. The molecule has 21 heavy (non-hydrogen) atoms. The average molecular weight is 273 g/mol. The Labute approximate surface area is 121 Å². The molecule has 4 heteroatoms. The van der Waals surface area contributed by atoms with Crippen LogP contribution in [-0.4, -0.2) is 15.8 Å². The van der Waals surface area contributed by atoms with Crippen LogP contribution >= 0.6 is 0 Å². The zero-order chi connectivity index (χ0) is 14.7. The van der Waals surface area contributed by atoms with E-state index >= 15 is 0 Å². The van der Waals surface area contributed by atoms with Crippen LogP contribution in [0.4, 0.5) is 0 Å². The number of carbonyl (C=O) groups is 1. The quantitative estimate of drug-likeness (QED) is 0.587. The van der Waals surface area contributed by atoms with E-state index in [0.29, 0.717) is 11.4 Å². The fourth-order valence-corrected chi connectivity index (χ4v) is 1.99. The van der Waals surface area contributed by atoms with E-state index in [2.05, 4.69) is 16.0 Å². The van der Waals surface area contributed by atoms with Gasteiger partial charge in [-0.25, -0.2) is 4.98 Å². The first-order valence-corrected chi connectivity index (χ1v) is 6.43. The molecule has 0 aliphatic rings. The van der Waals surface area contributed by atoms with Gasteiger partial charge in [0.1, 0.15) is 0 Å². The number of nitriles is 1. The van der Waals surface area contributed by atoms with Crippen LogP contribution in [0.2, 0.25) is 0 Å². The first-order chi connectivity index (χ1) is 10.3. The number of para-hydroxylation sites is 2. The average Bonchev–Trinajstić information content (AvgIpc) is 2.97. The number of nitrogens with one attached hydrogen (secondary N) is 1. The van der Waals surface area contributed by atoms with E-state index in [9.17, 15) is 4.79 Å². The Bertz CT molecular complexity index is 834. The monoisotopic (exact) mass is 273 g/mol. The van der Waals surface area contributed by atoms with Gasteiger partial charge in [0.25, 0.3) is 0 Å². The van der Waals surface area contributed by atoms with Crippen LogP contribution in [0.1, 0.15) is 21.7 Å². The van der Waals surface area contributed by atoms with Crippen LogP contribution < -0.4 is 0 Å². The molecule has 2 aromatic carbocycles. The predicted octanol–water partition coefficient (Wildman–Crippen LogP) is 3.33. The molecule has 100 valence electrons. The van der Waals surface area contributed by atoms with Gasteiger partial charge in [-0.05, 0) is 35.9 Å². The molecule has 1 aromatic heterocycles. The Morgan fingerprint density at radius 3 is 2.62 bits per heavy atom. The molecule has 0 aliphatic heterocycles. The normalized spacial score (nSPS) is 10.8. The smallest absolute Gasteiger partial charge is 0.221 e. The SMILES string of the molecule is N#Cc1ccc(/C=C/C(=O)c2nc3ccccc3[nH]2)cc1. The maximum Gasteiger partial charge on any atom is 0.221 e. The van der Waals surface area contributed by atoms with Crippen molar-refractivity contribution >= 4 is 22.9 Å². The second-order valence-electron chi connectivity index (χ2n) is 4.53. The van der Waals surface area contributed by atoms with Gasteiger partial charge in [0.2, 0.25) is 5.78 Å². The second kappa shape index (κ2) is 5.43. The third kappa shape index (κ3) is 2.72. The van der Waals surface area contributed by atoms with Gasteiger partial charge >= 0.3 is 0 Å². The van der Waals surface area contributed by atoms with E-state index in [0.717, 1.165) is 16.6 Å². The van der Waals surface area contributed by atoms with Gasteiger partial charge in [-0.1, -0.05) is 30.3 Å². The number of hydrogen-bond acceptors (Lipinski definition) is 3. The number of ketones is 1. The highest BCUT2D eigenvalue weighted by Gasteiger charge is 2.07. The Morgan fingerprint density at radius 1 is 1.14 bits per heavy atom. The largest absolute Gasteiger partial charge is 0.335 e. The molecule has 0 saturated heterocycles. The highest BCUT2D eigenvalue weighted by molar-refractivity contribution is 6.05. The van der Waals surface area contributed by atoms with Crippen molar-refractivity contribution in [2.75, 3.05) is 0 Å². The minimum atomic E-state index is -0.185. The molecule has 1 heterocycles. The van der Waals surface area contributed by atoms with Gasteiger partial charge in [0.05, 0.1) is 22.7 Å². The summed E-state index contributed by atoms with van der Waals surface area (Å²) in [5.41, 5.74) is 3.06. The number of fused-ring (bicyclic) bond motifs is 1. The van der Waals surface area contributed by atoms with Gasteiger partial charge in [0, 0.05) is 0 Å². The summed E-state index contributed by atoms with van der Waals surface area (Å²) in [6.45, 7) is 0. The van der Waals surface area contributed by atoms with Crippen molar-refractivity contribution in [1.82, 2.24) is 9.97 Å². The van der Waals surface area contributed by atoms with Gasteiger partial charge in [0.15, 0.2) is 5.82 Å². The van der Waals surface area contributed by atoms with Gasteiger partial charge in [-0.2, -0.15) is 5.26 Å². The molecule has 0 aliphatic carbocycles. The van der Waals surface area contributed by atoms with Crippen LogP contribution in [0.5, 0.6) is 0 Å². The van der Waals surface area contributed by atoms with Crippen molar-refractivity contribution in [2.24, 2.45) is 0 Å². The molecule has 0 bridgehead atoms. The van der Waals surface area contributed by atoms with E-state index in [4.69, 9.17) is 5.26 Å². The highest BCUT2D eigenvalue weighted by atomic mass is 16.1. The van der Waals surface area contributed by atoms with Crippen molar-refractivity contribution in [2.45, 2.75) is 0 Å². The number of nitrogens with zero attached hydrogens (tertiary/aromatic N) is 2. The standard InChI is InChI=1S/C17H11N3O/c18-11-13-7-5-12(6-8-13)9-10-16(21)17-19-14-3-1-2-4-15(14)20-17/h1-10H,(H,19,20)/b10-9+. The van der Waals surface area contributed by atoms with Gasteiger partial charge < -0.3 is 4.98 Å². The molecule has 0 spiro atoms. The molecule has 0 radical (unpaired) electrons. The van der Waals surface area contributed by atoms with E-state index in [1.807, 2.05) is 24.3 Å². The lowest BCUT2D eigenvalue weighted by atomic mass is 10.1. The first kappa shape index (κ1) is 12.8. The van der Waals surface area contributed by atoms with Crippen molar-refractivity contribution in [3.8, 4) is 6.07 Å². The lowest BCUT2D eigenvalue weighted by Gasteiger charge is -1.93. The molecule has 4 nitrogen and oxygen atoms in total. The minimum absolute atomic E-state index is 0.185. The summed E-state index contributed by atoms with van der Waals surface area (Å²) in [6.07, 6.45) is 3.18. The summed E-state index contributed by atoms with van der Waals surface area (Å²) in [4.78, 5) is 19.3. The molecular formula is C17H11N3O. The van der Waals surface area contributed by atoms with E-state index in [-0.39, 0.29) is 5.78 Å². The molecule has 0 saturated carbocycles. The number of imidazole rings is 1. The summed E-state index contributed by atoms with van der Waals surface area (Å²) in [6, 6.07) is 16.6. The Balaban J connectivity index is 1.81. The second-order valence-corrected chi connectivity index (χ2v) is 4.53. The maximum absolute atomic E-state index is 12.1. The number of H-pyrrole nitrogens is 1. The number of rotatable bonds is 3. The number of allylic oxidation sites excluding steroid dienone is 1. The minimum Gasteiger partial charge on any atom is -0.335 e. The van der Waals surface area contributed by atoms with Gasteiger partial charge in [-0.15, -0.1) is 0 Å². The van der Waals surface area contributed by atoms with Crippen LogP contribution in [0.25, 0.3) is 17.1 Å². The lowest BCUT2D eigenvalue weighted by Crippen LogP contribution is -1.96. The van der Waals surface area contributed by atoms with Crippen LogP contribution in [0.3, 0.4) is 0 Å². The molecule has 0 fully saturated rings. The van der Waals surface area contributed by atoms with E-state index in [1.165, 1.54) is 6.08 Å². The van der Waals surface area contributed by atoms with Gasteiger partial charge in [-0.3, -0.25) is 4.79 Å². The topological polar surface area (TPSA) is 69.5 Å². The molecular weight excluding hydrogens is 262 g/mol. The Hall–Kier alpha value is -3.19. The molecule has 0 atom stereocenters. The zero-order valence-corrected chi connectivity index (χ0v) is 11.1. The zero-order valence-electron chi connectivity index (χ0n) is 11.1. The molecule has 3 aromatic rings. The summed E-state index contributed by atoms with van der Waals surface area (Å²) >= 11 is 0. The fraction of sp³-hybridized carbons (Fsp3) is 0. The number of aromatic nitrogens is 2. The lowest BCUT2D eigenvalue weighted by molar-refractivity contribution is 0.103. The number of hydrogen-bond donors (Lipinski definition) is 1. The number of carbonyl (C=O) groups excluding carboxylic acids is 1. The molecule has 1 N–H and O–H groups in total. The van der Waals surface area contributed by atoms with Crippen LogP contribution in [0.15, 0.2) is 54.6 Å². The fourth-order valence-electron chi connectivity index (χ4n) is 1.99. The molecule has 0 unspecified atom stereocenters. The Kier molecular flexibility index (Phi) is 3.32. The van der Waals surface area contributed by atoms with Crippen molar-refractivity contribution < 1.29 is 4.79 Å². The Morgan fingerprint density at radius 2 is 1.90 bits per heavy atom. The third-order valence-electron chi connectivity index (χ3n) is 3.09. The summed E-state index contributed by atoms with van der Waals surface area (Å²) in [5.74, 6) is 0.136.